The van der Waals surface area contributed by atoms with Gasteiger partial charge in [0.05, 0.1) is 12.4 Å². The molecular formula is C15H17FN4O3. The van der Waals surface area contributed by atoms with Gasteiger partial charge in [-0.05, 0) is 17.7 Å². The number of imidazole rings is 1. The predicted molar refractivity (Wildman–Crippen MR) is 80.1 cm³/mol. The summed E-state index contributed by atoms with van der Waals surface area (Å²) in [6.07, 6.45) is 3.15. The molecular weight excluding hydrogens is 303 g/mol. The number of phenolic OH excluding ortho intramolecular Hbond substituents is 1. The first-order valence-corrected chi connectivity index (χ1v) is 6.96. The van der Waals surface area contributed by atoms with Crippen LogP contribution in [-0.2, 0) is 22.4 Å². The Hall–Kier alpha value is -2.74. The normalized spacial score (nSPS) is 13.3. The van der Waals surface area contributed by atoms with E-state index in [4.69, 9.17) is 5.73 Å². The van der Waals surface area contributed by atoms with Crippen LogP contribution in [0.1, 0.15) is 11.3 Å². The van der Waals surface area contributed by atoms with Gasteiger partial charge in [0.1, 0.15) is 11.8 Å². The summed E-state index contributed by atoms with van der Waals surface area (Å²) >= 11 is 0. The third-order valence-corrected chi connectivity index (χ3v) is 3.30. The van der Waals surface area contributed by atoms with Gasteiger partial charge < -0.3 is 21.1 Å². The number of benzene rings is 1. The molecule has 7 nitrogen and oxygen atoms in total. The SMILES string of the molecule is N[C@@H](Cc1cnc[nH]1)C(=O)N[C@@H](Cc1ccc(O)cc1)C(=O)F. The number of carbonyl (C=O) groups excluding carboxylic acids is 2. The largest absolute Gasteiger partial charge is 0.508 e. The van der Waals surface area contributed by atoms with Gasteiger partial charge in [-0.25, -0.2) is 4.98 Å². The van der Waals surface area contributed by atoms with Crippen LogP contribution in [-0.4, -0.2) is 39.1 Å². The Bertz CT molecular complexity index is 658. The molecule has 8 heteroatoms. The van der Waals surface area contributed by atoms with Crippen molar-refractivity contribution in [3.05, 3.63) is 48.0 Å². The Morgan fingerprint density at radius 3 is 2.57 bits per heavy atom. The molecule has 0 saturated heterocycles. The fourth-order valence-corrected chi connectivity index (χ4v) is 2.06. The molecule has 0 saturated carbocycles. The molecule has 2 aromatic rings. The van der Waals surface area contributed by atoms with Crippen molar-refractivity contribution in [3.8, 4) is 5.75 Å². The van der Waals surface area contributed by atoms with Crippen LogP contribution >= 0.6 is 0 Å². The molecule has 122 valence electrons. The van der Waals surface area contributed by atoms with Crippen molar-refractivity contribution < 1.29 is 19.1 Å². The molecule has 0 aliphatic heterocycles. The average Bonchev–Trinajstić information content (AvgIpc) is 3.01. The van der Waals surface area contributed by atoms with Gasteiger partial charge >= 0.3 is 6.04 Å². The Kier molecular flexibility index (Phi) is 5.42. The maximum atomic E-state index is 13.2. The first-order chi connectivity index (χ1) is 11.0. The van der Waals surface area contributed by atoms with E-state index in [0.717, 1.165) is 0 Å². The fourth-order valence-electron chi connectivity index (χ4n) is 2.06. The van der Waals surface area contributed by atoms with Crippen LogP contribution in [0.15, 0.2) is 36.8 Å². The summed E-state index contributed by atoms with van der Waals surface area (Å²) in [5, 5.41) is 11.5. The number of amides is 1. The second-order valence-electron chi connectivity index (χ2n) is 5.12. The number of nitrogens with zero attached hydrogens (tertiary/aromatic N) is 1. The molecule has 2 atom stereocenters. The molecule has 0 aliphatic rings. The minimum atomic E-state index is -1.65. The Morgan fingerprint density at radius 1 is 1.30 bits per heavy atom. The second-order valence-corrected chi connectivity index (χ2v) is 5.12. The lowest BCUT2D eigenvalue weighted by Crippen LogP contribution is -2.49. The number of aromatic hydroxyl groups is 1. The molecule has 0 fully saturated rings. The minimum absolute atomic E-state index is 0.0296. The molecule has 0 radical (unpaired) electrons. The van der Waals surface area contributed by atoms with E-state index in [1.54, 1.807) is 12.1 Å². The molecule has 1 heterocycles. The van der Waals surface area contributed by atoms with E-state index in [2.05, 4.69) is 15.3 Å². The number of carbonyl (C=O) groups is 2. The van der Waals surface area contributed by atoms with Gasteiger partial charge in [-0.15, -0.1) is 0 Å². The third-order valence-electron chi connectivity index (χ3n) is 3.30. The molecule has 0 spiro atoms. The van der Waals surface area contributed by atoms with Gasteiger partial charge in [0.25, 0.3) is 0 Å². The number of aromatic nitrogens is 2. The molecule has 5 N–H and O–H groups in total. The monoisotopic (exact) mass is 320 g/mol. The zero-order valence-electron chi connectivity index (χ0n) is 12.2. The first-order valence-electron chi connectivity index (χ1n) is 6.96. The van der Waals surface area contributed by atoms with Crippen LogP contribution in [0.2, 0.25) is 0 Å². The van der Waals surface area contributed by atoms with Crippen molar-refractivity contribution >= 4 is 11.9 Å². The molecule has 0 aliphatic carbocycles. The van der Waals surface area contributed by atoms with Crippen molar-refractivity contribution in [2.75, 3.05) is 0 Å². The highest BCUT2D eigenvalue weighted by molar-refractivity contribution is 5.87. The average molecular weight is 320 g/mol. The van der Waals surface area contributed by atoms with Gasteiger partial charge in [0.2, 0.25) is 5.91 Å². The van der Waals surface area contributed by atoms with Crippen molar-refractivity contribution in [2.45, 2.75) is 24.9 Å². The third kappa shape index (κ3) is 4.89. The number of halogens is 1. The highest BCUT2D eigenvalue weighted by atomic mass is 19.1. The van der Waals surface area contributed by atoms with E-state index in [0.29, 0.717) is 11.3 Å². The summed E-state index contributed by atoms with van der Waals surface area (Å²) < 4.78 is 13.2. The number of H-pyrrole nitrogens is 1. The number of nitrogens with one attached hydrogen (secondary N) is 2. The lowest BCUT2D eigenvalue weighted by Gasteiger charge is -2.17. The van der Waals surface area contributed by atoms with Crippen molar-refractivity contribution in [2.24, 2.45) is 5.73 Å². The number of nitrogens with two attached hydrogens (primary N) is 1. The zero-order chi connectivity index (χ0) is 16.8. The summed E-state index contributed by atoms with van der Waals surface area (Å²) in [4.78, 5) is 29.7. The smallest absolute Gasteiger partial charge is 0.323 e. The molecule has 0 unspecified atom stereocenters. The van der Waals surface area contributed by atoms with Crippen molar-refractivity contribution in [1.29, 1.82) is 0 Å². The highest BCUT2D eigenvalue weighted by Gasteiger charge is 2.24. The molecule has 1 amide bonds. The van der Waals surface area contributed by atoms with Gasteiger partial charge in [0, 0.05) is 24.7 Å². The maximum Gasteiger partial charge on any atom is 0.323 e. The van der Waals surface area contributed by atoms with Gasteiger partial charge in [-0.2, -0.15) is 4.39 Å². The van der Waals surface area contributed by atoms with E-state index in [-0.39, 0.29) is 18.6 Å². The van der Waals surface area contributed by atoms with E-state index in [9.17, 15) is 19.1 Å². The number of phenols is 1. The Balaban J connectivity index is 1.96. The zero-order valence-corrected chi connectivity index (χ0v) is 12.2. The molecule has 1 aromatic carbocycles. The van der Waals surface area contributed by atoms with Crippen LogP contribution in [0.5, 0.6) is 5.75 Å². The standard InChI is InChI=1S/C15H17FN4O3/c16-14(22)13(5-9-1-3-11(21)4-2-9)20-15(23)12(17)6-10-7-18-8-19-10/h1-4,7-8,12-13,21H,5-6,17H2,(H,18,19)(H,20,23)/t12-,13-/m0/s1. The second kappa shape index (κ2) is 7.50. The van der Waals surface area contributed by atoms with Crippen molar-refractivity contribution in [3.63, 3.8) is 0 Å². The summed E-state index contributed by atoms with van der Waals surface area (Å²) in [5.74, 6) is -0.572. The lowest BCUT2D eigenvalue weighted by molar-refractivity contribution is -0.135. The predicted octanol–water partition coefficient (Wildman–Crippen LogP) is 0.209. The Morgan fingerprint density at radius 2 is 2.00 bits per heavy atom. The Labute approximate surface area is 131 Å². The highest BCUT2D eigenvalue weighted by Crippen LogP contribution is 2.12. The topological polar surface area (TPSA) is 121 Å². The van der Waals surface area contributed by atoms with E-state index in [1.165, 1.54) is 24.7 Å². The van der Waals surface area contributed by atoms with Crippen LogP contribution in [0.25, 0.3) is 0 Å². The number of rotatable bonds is 7. The first kappa shape index (κ1) is 16.6. The molecule has 0 bridgehead atoms. The number of hydrogen-bond acceptors (Lipinski definition) is 5. The maximum absolute atomic E-state index is 13.2. The van der Waals surface area contributed by atoms with Crippen molar-refractivity contribution in [1.82, 2.24) is 15.3 Å². The summed E-state index contributed by atoms with van der Waals surface area (Å²) in [7, 11) is 0. The van der Waals surface area contributed by atoms with E-state index >= 15 is 0 Å². The molecule has 2 rings (SSSR count). The van der Waals surface area contributed by atoms with Crippen LogP contribution in [0, 0.1) is 0 Å². The summed E-state index contributed by atoms with van der Waals surface area (Å²) in [6, 6.07) is 2.02. The van der Waals surface area contributed by atoms with Crippen LogP contribution in [0.3, 0.4) is 0 Å². The molecule has 1 aromatic heterocycles. The minimum Gasteiger partial charge on any atom is -0.508 e. The summed E-state index contributed by atoms with van der Waals surface area (Å²) in [5.41, 5.74) is 7.00. The number of hydrogen-bond donors (Lipinski definition) is 4. The lowest BCUT2D eigenvalue weighted by atomic mass is 10.1. The number of aromatic amines is 1. The quantitative estimate of drug-likeness (QED) is 0.543. The van der Waals surface area contributed by atoms with E-state index in [1.807, 2.05) is 0 Å². The van der Waals surface area contributed by atoms with Crippen LogP contribution in [0.4, 0.5) is 4.39 Å². The van der Waals surface area contributed by atoms with Gasteiger partial charge in [0.15, 0.2) is 0 Å². The van der Waals surface area contributed by atoms with E-state index < -0.39 is 24.0 Å². The van der Waals surface area contributed by atoms with Gasteiger partial charge in [-0.3, -0.25) is 9.59 Å². The fraction of sp³-hybridized carbons (Fsp3) is 0.267. The summed E-state index contributed by atoms with van der Waals surface area (Å²) in [6.45, 7) is 0. The molecule has 23 heavy (non-hydrogen) atoms. The van der Waals surface area contributed by atoms with Gasteiger partial charge in [-0.1, -0.05) is 12.1 Å². The van der Waals surface area contributed by atoms with Crippen LogP contribution < -0.4 is 11.1 Å².